The second-order valence-electron chi connectivity index (χ2n) is 3.09. The van der Waals surface area contributed by atoms with Gasteiger partial charge in [0.2, 0.25) is 0 Å². The third-order valence-electron chi connectivity index (χ3n) is 2.02. The second kappa shape index (κ2) is 2.96. The Labute approximate surface area is 66.6 Å². The maximum absolute atomic E-state index is 10.1. The van der Waals surface area contributed by atoms with E-state index >= 15 is 0 Å². The molecule has 0 saturated heterocycles. The van der Waals surface area contributed by atoms with Gasteiger partial charge in [-0.3, -0.25) is 0 Å². The van der Waals surface area contributed by atoms with E-state index < -0.39 is 5.97 Å². The first kappa shape index (κ1) is 8.13. The molecule has 2 heteroatoms. The van der Waals surface area contributed by atoms with Crippen LogP contribution in [0.4, 0.5) is 0 Å². The van der Waals surface area contributed by atoms with Crippen LogP contribution in [0.25, 0.3) is 0 Å². The zero-order valence-electron chi connectivity index (χ0n) is 6.68. The van der Waals surface area contributed by atoms with Gasteiger partial charge in [0.05, 0.1) is 0 Å². The standard InChI is InChI=1S/C9H12O2/c1-2-4-9(6-7-9)5-3-8(10)11/h2,4,6-7H2,1H3,(H,10,11). The lowest BCUT2D eigenvalue weighted by Crippen LogP contribution is -1.97. The van der Waals surface area contributed by atoms with Crippen molar-refractivity contribution in [2.45, 2.75) is 32.6 Å². The van der Waals surface area contributed by atoms with Crippen molar-refractivity contribution in [3.63, 3.8) is 0 Å². The first-order valence-corrected chi connectivity index (χ1v) is 3.95. The van der Waals surface area contributed by atoms with Gasteiger partial charge in [0, 0.05) is 11.3 Å². The first-order valence-electron chi connectivity index (χ1n) is 3.95. The summed E-state index contributed by atoms with van der Waals surface area (Å²) in [4.78, 5) is 10.1. The fraction of sp³-hybridized carbons (Fsp3) is 0.667. The van der Waals surface area contributed by atoms with Crippen molar-refractivity contribution < 1.29 is 9.90 Å². The van der Waals surface area contributed by atoms with Crippen LogP contribution in [0.1, 0.15) is 32.6 Å². The van der Waals surface area contributed by atoms with Crippen LogP contribution >= 0.6 is 0 Å². The molecule has 0 unspecified atom stereocenters. The molecule has 0 amide bonds. The Hall–Kier alpha value is -0.970. The topological polar surface area (TPSA) is 37.3 Å². The SMILES string of the molecule is CCCC1(C#CC(=O)O)CC1. The molecule has 0 spiro atoms. The minimum atomic E-state index is -1.01. The highest BCUT2D eigenvalue weighted by molar-refractivity contribution is 5.86. The molecule has 1 aliphatic carbocycles. The molecule has 1 fully saturated rings. The van der Waals surface area contributed by atoms with Gasteiger partial charge in [-0.15, -0.1) is 0 Å². The Morgan fingerprint density at radius 3 is 2.64 bits per heavy atom. The molecular formula is C9H12O2. The van der Waals surface area contributed by atoms with Gasteiger partial charge in [0.25, 0.3) is 0 Å². The molecule has 60 valence electrons. The Kier molecular flexibility index (Phi) is 2.19. The Balaban J connectivity index is 2.49. The Morgan fingerprint density at radius 1 is 1.64 bits per heavy atom. The smallest absolute Gasteiger partial charge is 0.381 e. The van der Waals surface area contributed by atoms with E-state index in [2.05, 4.69) is 18.8 Å². The van der Waals surface area contributed by atoms with E-state index in [0.717, 1.165) is 25.7 Å². The number of hydrogen-bond acceptors (Lipinski definition) is 1. The van der Waals surface area contributed by atoms with E-state index in [1.807, 2.05) is 0 Å². The number of carboxylic acid groups (broad SMARTS) is 1. The number of aliphatic carboxylic acids is 1. The fourth-order valence-electron chi connectivity index (χ4n) is 1.25. The number of carboxylic acids is 1. The van der Waals surface area contributed by atoms with Crippen molar-refractivity contribution in [2.24, 2.45) is 5.41 Å². The summed E-state index contributed by atoms with van der Waals surface area (Å²) in [5.74, 6) is 4.01. The molecule has 0 aromatic heterocycles. The van der Waals surface area contributed by atoms with Gasteiger partial charge >= 0.3 is 5.97 Å². The lowest BCUT2D eigenvalue weighted by molar-refractivity contribution is -0.130. The summed E-state index contributed by atoms with van der Waals surface area (Å²) in [6.07, 6.45) is 4.31. The number of carbonyl (C=O) groups is 1. The van der Waals surface area contributed by atoms with Crippen molar-refractivity contribution in [1.29, 1.82) is 0 Å². The van der Waals surface area contributed by atoms with Gasteiger partial charge in [-0.2, -0.15) is 0 Å². The van der Waals surface area contributed by atoms with Crippen molar-refractivity contribution in [3.05, 3.63) is 0 Å². The van der Waals surface area contributed by atoms with E-state index in [9.17, 15) is 4.79 Å². The van der Waals surface area contributed by atoms with E-state index in [4.69, 9.17) is 5.11 Å². The molecule has 1 N–H and O–H groups in total. The van der Waals surface area contributed by atoms with E-state index in [0.29, 0.717) is 0 Å². The molecule has 0 radical (unpaired) electrons. The van der Waals surface area contributed by atoms with Crippen LogP contribution in [-0.4, -0.2) is 11.1 Å². The monoisotopic (exact) mass is 152 g/mol. The second-order valence-corrected chi connectivity index (χ2v) is 3.09. The van der Waals surface area contributed by atoms with E-state index in [1.54, 1.807) is 0 Å². The highest BCUT2D eigenvalue weighted by atomic mass is 16.4. The molecule has 0 atom stereocenters. The Bertz CT molecular complexity index is 215. The maximum atomic E-state index is 10.1. The molecule has 0 heterocycles. The summed E-state index contributed by atoms with van der Waals surface area (Å²) < 4.78 is 0. The molecule has 1 saturated carbocycles. The molecule has 1 aliphatic rings. The van der Waals surface area contributed by atoms with Gasteiger partial charge in [0.1, 0.15) is 0 Å². The zero-order chi connectivity index (χ0) is 8.32. The molecule has 11 heavy (non-hydrogen) atoms. The van der Waals surface area contributed by atoms with Crippen LogP contribution in [0.3, 0.4) is 0 Å². The first-order chi connectivity index (χ1) is 5.18. The third-order valence-corrected chi connectivity index (χ3v) is 2.02. The highest BCUT2D eigenvalue weighted by Crippen LogP contribution is 2.48. The van der Waals surface area contributed by atoms with Crippen molar-refractivity contribution in [1.82, 2.24) is 0 Å². The van der Waals surface area contributed by atoms with Gasteiger partial charge in [-0.25, -0.2) is 4.79 Å². The number of rotatable bonds is 2. The lowest BCUT2D eigenvalue weighted by Gasteiger charge is -2.01. The predicted octanol–water partition coefficient (Wildman–Crippen LogP) is 1.65. The van der Waals surface area contributed by atoms with Crippen molar-refractivity contribution >= 4 is 5.97 Å². The van der Waals surface area contributed by atoms with Crippen LogP contribution in [-0.2, 0) is 4.79 Å². The summed E-state index contributed by atoms with van der Waals surface area (Å²) in [5.41, 5.74) is 0.0904. The molecule has 0 aromatic rings. The fourth-order valence-corrected chi connectivity index (χ4v) is 1.25. The Morgan fingerprint density at radius 2 is 2.27 bits per heavy atom. The minimum Gasteiger partial charge on any atom is -0.472 e. The van der Waals surface area contributed by atoms with Crippen LogP contribution in [0.5, 0.6) is 0 Å². The van der Waals surface area contributed by atoms with Crippen LogP contribution in [0.15, 0.2) is 0 Å². The summed E-state index contributed by atoms with van der Waals surface area (Å²) in [6, 6.07) is 0. The third kappa shape index (κ3) is 2.27. The van der Waals surface area contributed by atoms with Crippen LogP contribution in [0, 0.1) is 17.3 Å². The quantitative estimate of drug-likeness (QED) is 0.611. The average Bonchev–Trinajstić information content (AvgIpc) is 2.67. The van der Waals surface area contributed by atoms with Gasteiger partial charge < -0.3 is 5.11 Å². The van der Waals surface area contributed by atoms with Crippen molar-refractivity contribution in [3.8, 4) is 11.8 Å². The molecular weight excluding hydrogens is 140 g/mol. The van der Waals surface area contributed by atoms with Gasteiger partial charge in [0.15, 0.2) is 0 Å². The summed E-state index contributed by atoms with van der Waals surface area (Å²) >= 11 is 0. The van der Waals surface area contributed by atoms with Gasteiger partial charge in [-0.05, 0) is 19.3 Å². The molecule has 0 aliphatic heterocycles. The molecule has 0 aromatic carbocycles. The van der Waals surface area contributed by atoms with Crippen LogP contribution < -0.4 is 0 Å². The highest BCUT2D eigenvalue weighted by Gasteiger charge is 2.39. The van der Waals surface area contributed by atoms with E-state index in [1.165, 1.54) is 0 Å². The molecule has 1 rings (SSSR count). The summed E-state index contributed by atoms with van der Waals surface area (Å²) in [6.45, 7) is 2.10. The van der Waals surface area contributed by atoms with Crippen molar-refractivity contribution in [2.75, 3.05) is 0 Å². The average molecular weight is 152 g/mol. The predicted molar refractivity (Wildman–Crippen MR) is 42.0 cm³/mol. The largest absolute Gasteiger partial charge is 0.472 e. The zero-order valence-corrected chi connectivity index (χ0v) is 6.68. The minimum absolute atomic E-state index is 0.0904. The van der Waals surface area contributed by atoms with Gasteiger partial charge in [-0.1, -0.05) is 19.3 Å². The lowest BCUT2D eigenvalue weighted by atomic mass is 10.0. The number of hydrogen-bond donors (Lipinski definition) is 1. The van der Waals surface area contributed by atoms with E-state index in [-0.39, 0.29) is 5.41 Å². The maximum Gasteiger partial charge on any atom is 0.381 e. The molecule has 0 bridgehead atoms. The van der Waals surface area contributed by atoms with Crippen LogP contribution in [0.2, 0.25) is 0 Å². The molecule has 2 nitrogen and oxygen atoms in total. The normalized spacial score (nSPS) is 18.3. The summed E-state index contributed by atoms with van der Waals surface area (Å²) in [7, 11) is 0. The summed E-state index contributed by atoms with van der Waals surface area (Å²) in [5, 5.41) is 8.30.